The van der Waals surface area contributed by atoms with Crippen molar-refractivity contribution in [3.8, 4) is 0 Å². The maximum atomic E-state index is 3.69. The molecule has 2 heterocycles. The first-order valence-corrected chi connectivity index (χ1v) is 7.93. The van der Waals surface area contributed by atoms with E-state index in [0.717, 1.165) is 6.54 Å². The second-order valence-corrected chi connectivity index (χ2v) is 7.15. The summed E-state index contributed by atoms with van der Waals surface area (Å²) in [7, 11) is 0. The van der Waals surface area contributed by atoms with E-state index in [1.807, 2.05) is 0 Å². The first-order chi connectivity index (χ1) is 8.49. The lowest BCUT2D eigenvalue weighted by molar-refractivity contribution is 0.0558. The Kier molecular flexibility index (Phi) is 4.46. The minimum atomic E-state index is 0.279. The highest BCUT2D eigenvalue weighted by Gasteiger charge is 2.34. The van der Waals surface area contributed by atoms with Crippen molar-refractivity contribution in [1.29, 1.82) is 0 Å². The van der Waals surface area contributed by atoms with Crippen LogP contribution in [-0.2, 0) is 6.42 Å². The first kappa shape index (κ1) is 14.0. The van der Waals surface area contributed by atoms with Gasteiger partial charge in [0, 0.05) is 31.2 Å². The molecule has 0 amide bonds. The van der Waals surface area contributed by atoms with E-state index in [1.54, 1.807) is 11.3 Å². The molecule has 2 rings (SSSR count). The molecular formula is C15H26N2S. The molecule has 1 atom stereocenters. The van der Waals surface area contributed by atoms with Crippen LogP contribution in [0, 0.1) is 5.92 Å². The molecule has 3 heteroatoms. The molecule has 0 saturated carbocycles. The molecule has 0 spiro atoms. The Morgan fingerprint density at radius 3 is 2.89 bits per heavy atom. The molecule has 0 bridgehead atoms. The van der Waals surface area contributed by atoms with Crippen LogP contribution in [-0.4, -0.2) is 36.1 Å². The zero-order chi connectivity index (χ0) is 13.2. The average Bonchev–Trinajstić information content (AvgIpc) is 2.79. The topological polar surface area (TPSA) is 15.3 Å². The van der Waals surface area contributed by atoms with E-state index in [9.17, 15) is 0 Å². The predicted molar refractivity (Wildman–Crippen MR) is 80.3 cm³/mol. The Morgan fingerprint density at radius 1 is 1.50 bits per heavy atom. The van der Waals surface area contributed by atoms with Crippen LogP contribution < -0.4 is 5.32 Å². The quantitative estimate of drug-likeness (QED) is 0.901. The van der Waals surface area contributed by atoms with Crippen molar-refractivity contribution in [3.63, 3.8) is 0 Å². The Balaban J connectivity index is 1.94. The van der Waals surface area contributed by atoms with Crippen molar-refractivity contribution in [2.75, 3.05) is 19.6 Å². The van der Waals surface area contributed by atoms with Crippen LogP contribution in [0.2, 0.25) is 0 Å². The molecule has 2 nitrogen and oxygen atoms in total. The summed E-state index contributed by atoms with van der Waals surface area (Å²) in [5.74, 6) is 0.713. The van der Waals surface area contributed by atoms with Gasteiger partial charge in [0.2, 0.25) is 0 Å². The number of thiophene rings is 1. The van der Waals surface area contributed by atoms with Gasteiger partial charge >= 0.3 is 0 Å². The third-order valence-corrected chi connectivity index (χ3v) is 4.86. The van der Waals surface area contributed by atoms with Crippen molar-refractivity contribution < 1.29 is 0 Å². The standard InChI is InChI=1S/C15H26N2S/c1-12(2)14-9-17(15(3,4)11-16-14)7-5-13-6-8-18-10-13/h6,8,10,12,14,16H,5,7,9,11H2,1-4H3. The third kappa shape index (κ3) is 3.34. The highest BCUT2D eigenvalue weighted by atomic mass is 32.1. The molecule has 1 aliphatic rings. The van der Waals surface area contributed by atoms with Crippen LogP contribution in [0.5, 0.6) is 0 Å². The number of nitrogens with one attached hydrogen (secondary N) is 1. The third-order valence-electron chi connectivity index (χ3n) is 4.13. The second-order valence-electron chi connectivity index (χ2n) is 6.37. The molecule has 0 aliphatic carbocycles. The first-order valence-electron chi connectivity index (χ1n) is 6.98. The molecule has 1 aliphatic heterocycles. The largest absolute Gasteiger partial charge is 0.311 e. The molecule has 0 radical (unpaired) electrons. The smallest absolute Gasteiger partial charge is 0.0278 e. The Hall–Kier alpha value is -0.380. The van der Waals surface area contributed by atoms with E-state index < -0.39 is 0 Å². The van der Waals surface area contributed by atoms with Crippen molar-refractivity contribution in [3.05, 3.63) is 22.4 Å². The Morgan fingerprint density at radius 2 is 2.28 bits per heavy atom. The highest BCUT2D eigenvalue weighted by Crippen LogP contribution is 2.22. The van der Waals surface area contributed by atoms with Gasteiger partial charge in [-0.3, -0.25) is 4.90 Å². The van der Waals surface area contributed by atoms with Gasteiger partial charge in [-0.1, -0.05) is 13.8 Å². The molecule has 102 valence electrons. The van der Waals surface area contributed by atoms with E-state index in [-0.39, 0.29) is 5.54 Å². The predicted octanol–water partition coefficient (Wildman–Crippen LogP) is 3.00. The molecule has 1 N–H and O–H groups in total. The number of hydrogen-bond acceptors (Lipinski definition) is 3. The molecule has 1 saturated heterocycles. The fourth-order valence-corrected chi connectivity index (χ4v) is 3.28. The van der Waals surface area contributed by atoms with Gasteiger partial charge in [-0.05, 0) is 48.6 Å². The van der Waals surface area contributed by atoms with E-state index in [0.29, 0.717) is 12.0 Å². The monoisotopic (exact) mass is 266 g/mol. The fourth-order valence-electron chi connectivity index (χ4n) is 2.58. The molecule has 1 unspecified atom stereocenters. The maximum Gasteiger partial charge on any atom is 0.0278 e. The van der Waals surface area contributed by atoms with Crippen LogP contribution in [0.1, 0.15) is 33.3 Å². The van der Waals surface area contributed by atoms with Crippen LogP contribution in [0.3, 0.4) is 0 Å². The number of nitrogens with zero attached hydrogens (tertiary/aromatic N) is 1. The second kappa shape index (κ2) is 5.72. The lowest BCUT2D eigenvalue weighted by atomic mass is 9.92. The maximum absolute atomic E-state index is 3.69. The van der Waals surface area contributed by atoms with Crippen LogP contribution >= 0.6 is 11.3 Å². The lowest BCUT2D eigenvalue weighted by Gasteiger charge is -2.47. The summed E-state index contributed by atoms with van der Waals surface area (Å²) < 4.78 is 0. The Labute approximate surface area is 115 Å². The number of rotatable bonds is 4. The van der Waals surface area contributed by atoms with E-state index in [2.05, 4.69) is 54.7 Å². The van der Waals surface area contributed by atoms with Gasteiger partial charge in [-0.25, -0.2) is 0 Å². The number of hydrogen-bond donors (Lipinski definition) is 1. The van der Waals surface area contributed by atoms with Crippen molar-refractivity contribution in [1.82, 2.24) is 10.2 Å². The van der Waals surface area contributed by atoms with Crippen LogP contribution in [0.25, 0.3) is 0 Å². The molecule has 1 fully saturated rings. The molecule has 1 aromatic heterocycles. The van der Waals surface area contributed by atoms with Gasteiger partial charge in [0.1, 0.15) is 0 Å². The van der Waals surface area contributed by atoms with Gasteiger partial charge < -0.3 is 5.32 Å². The molecule has 1 aromatic rings. The summed E-state index contributed by atoms with van der Waals surface area (Å²) in [6, 6.07) is 2.89. The summed E-state index contributed by atoms with van der Waals surface area (Å²) in [6.45, 7) is 12.8. The van der Waals surface area contributed by atoms with Gasteiger partial charge in [-0.2, -0.15) is 11.3 Å². The van der Waals surface area contributed by atoms with E-state index in [1.165, 1.54) is 25.1 Å². The molecule has 0 aromatic carbocycles. The van der Waals surface area contributed by atoms with Crippen molar-refractivity contribution in [2.45, 2.75) is 45.7 Å². The molecular weight excluding hydrogens is 240 g/mol. The number of piperazine rings is 1. The average molecular weight is 266 g/mol. The summed E-state index contributed by atoms with van der Waals surface area (Å²) >= 11 is 1.80. The fraction of sp³-hybridized carbons (Fsp3) is 0.733. The summed E-state index contributed by atoms with van der Waals surface area (Å²) in [6.07, 6.45) is 1.18. The summed E-state index contributed by atoms with van der Waals surface area (Å²) in [5.41, 5.74) is 1.76. The SMILES string of the molecule is CC(C)C1CN(CCc2ccsc2)C(C)(C)CN1. The van der Waals surface area contributed by atoms with Gasteiger partial charge in [-0.15, -0.1) is 0 Å². The minimum absolute atomic E-state index is 0.279. The summed E-state index contributed by atoms with van der Waals surface area (Å²) in [4.78, 5) is 2.66. The normalized spacial score (nSPS) is 24.6. The van der Waals surface area contributed by atoms with Crippen molar-refractivity contribution in [2.24, 2.45) is 5.92 Å². The molecule has 18 heavy (non-hydrogen) atoms. The Bertz CT molecular complexity index is 357. The minimum Gasteiger partial charge on any atom is -0.311 e. The highest BCUT2D eigenvalue weighted by molar-refractivity contribution is 7.07. The zero-order valence-corrected chi connectivity index (χ0v) is 12.9. The summed E-state index contributed by atoms with van der Waals surface area (Å²) in [5, 5.41) is 8.14. The van der Waals surface area contributed by atoms with Gasteiger partial charge in [0.15, 0.2) is 0 Å². The zero-order valence-electron chi connectivity index (χ0n) is 12.1. The van der Waals surface area contributed by atoms with Gasteiger partial charge in [0.25, 0.3) is 0 Å². The lowest BCUT2D eigenvalue weighted by Crippen LogP contribution is -2.63. The van der Waals surface area contributed by atoms with E-state index >= 15 is 0 Å². The van der Waals surface area contributed by atoms with E-state index in [4.69, 9.17) is 0 Å². The van der Waals surface area contributed by atoms with Crippen LogP contribution in [0.4, 0.5) is 0 Å². The van der Waals surface area contributed by atoms with Gasteiger partial charge in [0.05, 0.1) is 0 Å². The van der Waals surface area contributed by atoms with Crippen molar-refractivity contribution >= 4 is 11.3 Å². The van der Waals surface area contributed by atoms with Crippen LogP contribution in [0.15, 0.2) is 16.8 Å².